The highest BCUT2D eigenvalue weighted by Crippen LogP contribution is 2.20. The normalized spacial score (nSPS) is 12.1. The van der Waals surface area contributed by atoms with E-state index in [1.165, 1.54) is 24.1 Å². The fourth-order valence-electron chi connectivity index (χ4n) is 1.12. The number of anilines is 1. The van der Waals surface area contributed by atoms with Crippen LogP contribution in [0.2, 0.25) is 0 Å². The summed E-state index contributed by atoms with van der Waals surface area (Å²) in [6, 6.07) is 3.49. The largest absolute Gasteiger partial charge is 0.394 e. The van der Waals surface area contributed by atoms with Crippen molar-refractivity contribution in [2.45, 2.75) is 13.0 Å². The standard InChI is InChI=1S/C11H14BrFN2O2/c1-7(6-16)15(2)11(17)14-10-5-8(12)3-4-9(10)13/h3-5,7,16H,6H2,1-2H3,(H,14,17). The molecule has 1 unspecified atom stereocenters. The van der Waals surface area contributed by atoms with E-state index in [1.807, 2.05) is 0 Å². The molecule has 0 fully saturated rings. The van der Waals surface area contributed by atoms with Gasteiger partial charge < -0.3 is 15.3 Å². The third-order valence-corrected chi connectivity index (χ3v) is 2.91. The molecule has 1 aromatic rings. The van der Waals surface area contributed by atoms with Crippen molar-refractivity contribution in [1.82, 2.24) is 4.90 Å². The number of rotatable bonds is 3. The van der Waals surface area contributed by atoms with Gasteiger partial charge in [0.1, 0.15) is 5.82 Å². The Kier molecular flexibility index (Phi) is 4.89. The minimum absolute atomic E-state index is 0.0985. The van der Waals surface area contributed by atoms with Crippen molar-refractivity contribution in [3.05, 3.63) is 28.5 Å². The number of benzene rings is 1. The number of halogens is 2. The first-order valence-electron chi connectivity index (χ1n) is 5.05. The van der Waals surface area contributed by atoms with Crippen LogP contribution >= 0.6 is 15.9 Å². The molecule has 0 aliphatic heterocycles. The Labute approximate surface area is 108 Å². The smallest absolute Gasteiger partial charge is 0.321 e. The van der Waals surface area contributed by atoms with Gasteiger partial charge in [0.05, 0.1) is 18.3 Å². The van der Waals surface area contributed by atoms with Crippen LogP contribution < -0.4 is 5.32 Å². The second-order valence-electron chi connectivity index (χ2n) is 3.70. The van der Waals surface area contributed by atoms with E-state index in [9.17, 15) is 9.18 Å². The van der Waals surface area contributed by atoms with Crippen molar-refractivity contribution in [3.8, 4) is 0 Å². The predicted octanol–water partition coefficient (Wildman–Crippen LogP) is 2.43. The van der Waals surface area contributed by atoms with Gasteiger partial charge in [-0.3, -0.25) is 0 Å². The molecule has 94 valence electrons. The second kappa shape index (κ2) is 5.97. The predicted molar refractivity (Wildman–Crippen MR) is 67.4 cm³/mol. The molecule has 1 rings (SSSR count). The van der Waals surface area contributed by atoms with Gasteiger partial charge >= 0.3 is 6.03 Å². The summed E-state index contributed by atoms with van der Waals surface area (Å²) in [5, 5.41) is 11.4. The molecule has 0 saturated carbocycles. The number of hydrogen-bond donors (Lipinski definition) is 2. The summed E-state index contributed by atoms with van der Waals surface area (Å²) in [7, 11) is 1.53. The number of urea groups is 1. The summed E-state index contributed by atoms with van der Waals surface area (Å²) in [6.07, 6.45) is 0. The van der Waals surface area contributed by atoms with Gasteiger partial charge in [-0.1, -0.05) is 15.9 Å². The van der Waals surface area contributed by atoms with Crippen molar-refractivity contribution < 1.29 is 14.3 Å². The van der Waals surface area contributed by atoms with E-state index in [-0.39, 0.29) is 18.3 Å². The Bertz CT molecular complexity index is 414. The molecule has 0 aromatic heterocycles. The van der Waals surface area contributed by atoms with Gasteiger partial charge in [-0.05, 0) is 25.1 Å². The Balaban J connectivity index is 2.77. The molecule has 0 saturated heterocycles. The quantitative estimate of drug-likeness (QED) is 0.901. The summed E-state index contributed by atoms with van der Waals surface area (Å²) >= 11 is 3.19. The monoisotopic (exact) mass is 304 g/mol. The number of amides is 2. The van der Waals surface area contributed by atoms with Crippen LogP contribution in [0.3, 0.4) is 0 Å². The minimum atomic E-state index is -0.508. The third-order valence-electron chi connectivity index (χ3n) is 2.42. The first-order chi connectivity index (χ1) is 7.95. The van der Waals surface area contributed by atoms with Gasteiger partial charge in [-0.2, -0.15) is 0 Å². The van der Waals surface area contributed by atoms with Gasteiger partial charge in [0.15, 0.2) is 0 Å². The number of aliphatic hydroxyl groups excluding tert-OH is 1. The van der Waals surface area contributed by atoms with Gasteiger partial charge in [-0.15, -0.1) is 0 Å². The Hall–Kier alpha value is -1.14. The maximum absolute atomic E-state index is 13.4. The lowest BCUT2D eigenvalue weighted by atomic mass is 10.3. The zero-order valence-corrected chi connectivity index (χ0v) is 11.2. The second-order valence-corrected chi connectivity index (χ2v) is 4.61. The molecule has 2 N–H and O–H groups in total. The SMILES string of the molecule is CC(CO)N(C)C(=O)Nc1cc(Br)ccc1F. The Morgan fingerprint density at radius 2 is 2.29 bits per heavy atom. The average Bonchev–Trinajstić information content (AvgIpc) is 2.31. The Morgan fingerprint density at radius 3 is 2.88 bits per heavy atom. The fraction of sp³-hybridized carbons (Fsp3) is 0.364. The van der Waals surface area contributed by atoms with E-state index >= 15 is 0 Å². The molecular weight excluding hydrogens is 291 g/mol. The highest BCUT2D eigenvalue weighted by Gasteiger charge is 2.16. The van der Waals surface area contributed by atoms with E-state index < -0.39 is 11.8 Å². The van der Waals surface area contributed by atoms with Gasteiger partial charge in [-0.25, -0.2) is 9.18 Å². The van der Waals surface area contributed by atoms with E-state index in [2.05, 4.69) is 21.2 Å². The summed E-state index contributed by atoms with van der Waals surface area (Å²) < 4.78 is 14.0. The molecule has 0 heterocycles. The molecule has 4 nitrogen and oxygen atoms in total. The van der Waals surface area contributed by atoms with E-state index in [4.69, 9.17) is 5.11 Å². The lowest BCUT2D eigenvalue weighted by Gasteiger charge is -2.23. The third kappa shape index (κ3) is 3.67. The number of carbonyl (C=O) groups excluding carboxylic acids is 1. The van der Waals surface area contributed by atoms with Crippen LogP contribution in [0, 0.1) is 5.82 Å². The number of nitrogens with zero attached hydrogens (tertiary/aromatic N) is 1. The molecule has 0 spiro atoms. The molecule has 0 aliphatic rings. The van der Waals surface area contributed by atoms with Crippen molar-refractivity contribution >= 4 is 27.6 Å². The average molecular weight is 305 g/mol. The number of nitrogens with one attached hydrogen (secondary N) is 1. The molecule has 0 aliphatic carbocycles. The van der Waals surface area contributed by atoms with E-state index in [1.54, 1.807) is 13.0 Å². The van der Waals surface area contributed by atoms with Crippen LogP contribution in [0.25, 0.3) is 0 Å². The summed E-state index contributed by atoms with van der Waals surface area (Å²) in [6.45, 7) is 1.54. The first-order valence-corrected chi connectivity index (χ1v) is 5.84. The highest BCUT2D eigenvalue weighted by molar-refractivity contribution is 9.10. The van der Waals surface area contributed by atoms with E-state index in [0.29, 0.717) is 4.47 Å². The molecule has 1 atom stereocenters. The van der Waals surface area contributed by atoms with Crippen LogP contribution in [-0.4, -0.2) is 35.7 Å². The minimum Gasteiger partial charge on any atom is -0.394 e. The van der Waals surface area contributed by atoms with Crippen LogP contribution in [0.4, 0.5) is 14.9 Å². The molecule has 6 heteroatoms. The maximum atomic E-state index is 13.4. The summed E-state index contributed by atoms with van der Waals surface area (Å²) in [4.78, 5) is 13.0. The molecular formula is C11H14BrFN2O2. The van der Waals surface area contributed by atoms with Crippen LogP contribution in [0.15, 0.2) is 22.7 Å². The van der Waals surface area contributed by atoms with Crippen molar-refractivity contribution in [2.24, 2.45) is 0 Å². The Morgan fingerprint density at radius 1 is 1.65 bits per heavy atom. The number of aliphatic hydroxyl groups is 1. The summed E-state index contributed by atoms with van der Waals surface area (Å²) in [5.41, 5.74) is 0.0985. The molecule has 0 bridgehead atoms. The van der Waals surface area contributed by atoms with Crippen molar-refractivity contribution in [3.63, 3.8) is 0 Å². The number of carbonyl (C=O) groups is 1. The highest BCUT2D eigenvalue weighted by atomic mass is 79.9. The number of likely N-dealkylation sites (N-methyl/N-ethyl adjacent to an activating group) is 1. The molecule has 1 aromatic carbocycles. The van der Waals surface area contributed by atoms with Gasteiger partial charge in [0, 0.05) is 11.5 Å². The maximum Gasteiger partial charge on any atom is 0.321 e. The fourth-order valence-corrected chi connectivity index (χ4v) is 1.48. The molecule has 17 heavy (non-hydrogen) atoms. The zero-order chi connectivity index (χ0) is 13.0. The van der Waals surface area contributed by atoms with Gasteiger partial charge in [0.2, 0.25) is 0 Å². The topological polar surface area (TPSA) is 52.6 Å². The van der Waals surface area contributed by atoms with Crippen LogP contribution in [0.5, 0.6) is 0 Å². The van der Waals surface area contributed by atoms with Crippen LogP contribution in [-0.2, 0) is 0 Å². The zero-order valence-electron chi connectivity index (χ0n) is 9.58. The van der Waals surface area contributed by atoms with Crippen molar-refractivity contribution in [2.75, 3.05) is 19.0 Å². The van der Waals surface area contributed by atoms with Gasteiger partial charge in [0.25, 0.3) is 0 Å². The lowest BCUT2D eigenvalue weighted by molar-refractivity contribution is 0.166. The van der Waals surface area contributed by atoms with Crippen molar-refractivity contribution in [1.29, 1.82) is 0 Å². The molecule has 2 amide bonds. The first kappa shape index (κ1) is 13.9. The lowest BCUT2D eigenvalue weighted by Crippen LogP contribution is -2.40. The van der Waals surface area contributed by atoms with E-state index in [0.717, 1.165) is 0 Å². The summed E-state index contributed by atoms with van der Waals surface area (Å²) in [5.74, 6) is -0.508. The molecule has 0 radical (unpaired) electrons. The number of hydrogen-bond acceptors (Lipinski definition) is 2. The van der Waals surface area contributed by atoms with Crippen LogP contribution in [0.1, 0.15) is 6.92 Å².